The van der Waals surface area contributed by atoms with Crippen LogP contribution in [0.3, 0.4) is 0 Å². The summed E-state index contributed by atoms with van der Waals surface area (Å²) in [6.07, 6.45) is 4.61. The molecule has 1 aromatic rings. The lowest BCUT2D eigenvalue weighted by molar-refractivity contribution is -0.120. The molecule has 0 aliphatic heterocycles. The van der Waals surface area contributed by atoms with Crippen LogP contribution in [0.2, 0.25) is 0 Å². The molecular formula is C16H23NO2S. The van der Waals surface area contributed by atoms with E-state index in [-0.39, 0.29) is 18.1 Å². The first kappa shape index (κ1) is 15.4. The molecule has 3 nitrogen and oxygen atoms in total. The fourth-order valence-corrected chi connectivity index (χ4v) is 3.41. The van der Waals surface area contributed by atoms with Crippen molar-refractivity contribution in [3.8, 4) is 0 Å². The predicted molar refractivity (Wildman–Crippen MR) is 82.9 cm³/mol. The van der Waals surface area contributed by atoms with Gasteiger partial charge in [0.05, 0.1) is 17.9 Å². The van der Waals surface area contributed by atoms with Crippen molar-refractivity contribution >= 4 is 17.7 Å². The maximum Gasteiger partial charge on any atom is 0.230 e. The van der Waals surface area contributed by atoms with Crippen LogP contribution in [-0.4, -0.2) is 28.9 Å². The van der Waals surface area contributed by atoms with Crippen molar-refractivity contribution in [1.29, 1.82) is 0 Å². The third kappa shape index (κ3) is 4.53. The number of rotatable bonds is 4. The minimum Gasteiger partial charge on any atom is -0.391 e. The van der Waals surface area contributed by atoms with Crippen LogP contribution >= 0.6 is 11.8 Å². The molecule has 1 fully saturated rings. The van der Waals surface area contributed by atoms with Crippen molar-refractivity contribution < 1.29 is 9.90 Å². The smallest absolute Gasteiger partial charge is 0.230 e. The third-order valence-electron chi connectivity index (χ3n) is 3.78. The topological polar surface area (TPSA) is 49.3 Å². The van der Waals surface area contributed by atoms with Crippen molar-refractivity contribution in [3.05, 3.63) is 29.8 Å². The minimum atomic E-state index is -0.384. The Hall–Kier alpha value is -1.00. The first-order valence-corrected chi connectivity index (χ1v) is 8.31. The number of benzene rings is 1. The van der Waals surface area contributed by atoms with Crippen LogP contribution in [0.25, 0.3) is 0 Å². The van der Waals surface area contributed by atoms with Crippen molar-refractivity contribution in [2.45, 2.75) is 56.1 Å². The molecule has 2 rings (SSSR count). The second kappa shape index (κ2) is 7.70. The van der Waals surface area contributed by atoms with Crippen LogP contribution in [0.4, 0.5) is 0 Å². The monoisotopic (exact) mass is 293 g/mol. The SMILES string of the molecule is Cc1ccccc1SCC(=O)NC1CCCCCC1O. The lowest BCUT2D eigenvalue weighted by Crippen LogP contribution is -2.43. The van der Waals surface area contributed by atoms with Crippen LogP contribution in [0.1, 0.15) is 37.7 Å². The lowest BCUT2D eigenvalue weighted by atomic mass is 10.1. The van der Waals surface area contributed by atoms with Gasteiger partial charge in [0.25, 0.3) is 0 Å². The van der Waals surface area contributed by atoms with Gasteiger partial charge in [-0.1, -0.05) is 37.5 Å². The quantitative estimate of drug-likeness (QED) is 0.663. The standard InChI is InChI=1S/C16H23NO2S/c1-12-7-5-6-10-15(12)20-11-16(19)17-13-8-3-2-4-9-14(13)18/h5-7,10,13-14,18H,2-4,8-9,11H2,1H3,(H,17,19). The molecular weight excluding hydrogens is 270 g/mol. The first-order valence-electron chi connectivity index (χ1n) is 7.32. The van der Waals surface area contributed by atoms with Gasteiger partial charge in [-0.25, -0.2) is 0 Å². The largest absolute Gasteiger partial charge is 0.391 e. The van der Waals surface area contributed by atoms with E-state index in [1.807, 2.05) is 18.2 Å². The van der Waals surface area contributed by atoms with E-state index in [4.69, 9.17) is 0 Å². The molecule has 20 heavy (non-hydrogen) atoms. The predicted octanol–water partition coefficient (Wildman–Crippen LogP) is 2.90. The van der Waals surface area contributed by atoms with Gasteiger partial charge in [-0.15, -0.1) is 11.8 Å². The van der Waals surface area contributed by atoms with Crippen LogP contribution in [0.15, 0.2) is 29.2 Å². The molecule has 1 aliphatic rings. The number of nitrogens with one attached hydrogen (secondary N) is 1. The second-order valence-electron chi connectivity index (χ2n) is 5.43. The van der Waals surface area contributed by atoms with Gasteiger partial charge < -0.3 is 10.4 Å². The number of carbonyl (C=O) groups excluding carboxylic acids is 1. The highest BCUT2D eigenvalue weighted by Crippen LogP contribution is 2.22. The summed E-state index contributed by atoms with van der Waals surface area (Å²) < 4.78 is 0. The zero-order chi connectivity index (χ0) is 14.4. The van der Waals surface area contributed by atoms with Gasteiger partial charge in [0.15, 0.2) is 0 Å². The summed E-state index contributed by atoms with van der Waals surface area (Å²) in [5, 5.41) is 13.0. The van der Waals surface area contributed by atoms with Gasteiger partial charge in [0, 0.05) is 4.90 Å². The van der Waals surface area contributed by atoms with Crippen LogP contribution in [0, 0.1) is 6.92 Å². The van der Waals surface area contributed by atoms with E-state index in [1.165, 1.54) is 5.56 Å². The molecule has 2 N–H and O–H groups in total. The number of thioether (sulfide) groups is 1. The molecule has 1 amide bonds. The Morgan fingerprint density at radius 3 is 2.85 bits per heavy atom. The number of aliphatic hydroxyl groups excluding tert-OH is 1. The molecule has 110 valence electrons. The lowest BCUT2D eigenvalue weighted by Gasteiger charge is -2.21. The maximum absolute atomic E-state index is 12.0. The van der Waals surface area contributed by atoms with E-state index >= 15 is 0 Å². The molecule has 2 unspecified atom stereocenters. The molecule has 4 heteroatoms. The average Bonchev–Trinajstić information content (AvgIpc) is 2.63. The molecule has 0 bridgehead atoms. The van der Waals surface area contributed by atoms with Crippen LogP contribution < -0.4 is 5.32 Å². The normalized spacial score (nSPS) is 23.1. The summed E-state index contributed by atoms with van der Waals surface area (Å²) in [6.45, 7) is 2.05. The number of carbonyl (C=O) groups is 1. The number of aliphatic hydroxyl groups is 1. The number of aryl methyl sites for hydroxylation is 1. The number of amides is 1. The Bertz CT molecular complexity index is 450. The third-order valence-corrected chi connectivity index (χ3v) is 4.95. The zero-order valence-electron chi connectivity index (χ0n) is 12.0. The highest BCUT2D eigenvalue weighted by Gasteiger charge is 2.23. The molecule has 0 aromatic heterocycles. The zero-order valence-corrected chi connectivity index (χ0v) is 12.8. The Kier molecular flexibility index (Phi) is 5.92. The molecule has 1 saturated carbocycles. The van der Waals surface area contributed by atoms with E-state index < -0.39 is 0 Å². The summed E-state index contributed by atoms with van der Waals surface area (Å²) in [4.78, 5) is 13.2. The summed E-state index contributed by atoms with van der Waals surface area (Å²) >= 11 is 1.56. The highest BCUT2D eigenvalue weighted by molar-refractivity contribution is 8.00. The van der Waals surface area contributed by atoms with Crippen LogP contribution in [-0.2, 0) is 4.79 Å². The Morgan fingerprint density at radius 2 is 2.05 bits per heavy atom. The molecule has 0 heterocycles. The Balaban J connectivity index is 1.81. The molecule has 1 aliphatic carbocycles. The van der Waals surface area contributed by atoms with E-state index in [1.54, 1.807) is 11.8 Å². The highest BCUT2D eigenvalue weighted by atomic mass is 32.2. The average molecular weight is 293 g/mol. The minimum absolute atomic E-state index is 0.0178. The van der Waals surface area contributed by atoms with Gasteiger partial charge in [-0.3, -0.25) is 4.79 Å². The van der Waals surface area contributed by atoms with E-state index in [2.05, 4.69) is 18.3 Å². The van der Waals surface area contributed by atoms with E-state index in [9.17, 15) is 9.90 Å². The molecule has 2 atom stereocenters. The fourth-order valence-electron chi connectivity index (χ4n) is 2.57. The van der Waals surface area contributed by atoms with E-state index in [0.717, 1.165) is 37.0 Å². The van der Waals surface area contributed by atoms with Gasteiger partial charge in [0.2, 0.25) is 5.91 Å². The van der Waals surface area contributed by atoms with Gasteiger partial charge in [-0.05, 0) is 31.4 Å². The molecule has 1 aromatic carbocycles. The van der Waals surface area contributed by atoms with Crippen molar-refractivity contribution in [3.63, 3.8) is 0 Å². The molecule has 0 radical (unpaired) electrons. The Morgan fingerprint density at radius 1 is 1.30 bits per heavy atom. The summed E-state index contributed by atoms with van der Waals surface area (Å²) in [6, 6.07) is 8.01. The number of hydrogen-bond donors (Lipinski definition) is 2. The van der Waals surface area contributed by atoms with Gasteiger partial charge in [-0.2, -0.15) is 0 Å². The van der Waals surface area contributed by atoms with Gasteiger partial charge in [0.1, 0.15) is 0 Å². The summed E-state index contributed by atoms with van der Waals surface area (Å²) in [5.74, 6) is 0.429. The van der Waals surface area contributed by atoms with Crippen LogP contribution in [0.5, 0.6) is 0 Å². The van der Waals surface area contributed by atoms with Crippen molar-refractivity contribution in [1.82, 2.24) is 5.32 Å². The first-order chi connectivity index (χ1) is 9.66. The van der Waals surface area contributed by atoms with E-state index in [0.29, 0.717) is 5.75 Å². The summed E-state index contributed by atoms with van der Waals surface area (Å²) in [5.41, 5.74) is 1.19. The van der Waals surface area contributed by atoms with Gasteiger partial charge >= 0.3 is 0 Å². The van der Waals surface area contributed by atoms with Crippen molar-refractivity contribution in [2.75, 3.05) is 5.75 Å². The maximum atomic E-state index is 12.0. The Labute approximate surface area is 125 Å². The molecule has 0 saturated heterocycles. The fraction of sp³-hybridized carbons (Fsp3) is 0.562. The van der Waals surface area contributed by atoms with Crippen molar-refractivity contribution in [2.24, 2.45) is 0 Å². The second-order valence-corrected chi connectivity index (χ2v) is 6.45. The molecule has 0 spiro atoms. The summed E-state index contributed by atoms with van der Waals surface area (Å²) in [7, 11) is 0. The number of hydrogen-bond acceptors (Lipinski definition) is 3.